The molecule has 0 spiro atoms. The first kappa shape index (κ1) is 25.3. The molecule has 29 heavy (non-hydrogen) atoms. The molecule has 0 aromatic heterocycles. The summed E-state index contributed by atoms with van der Waals surface area (Å²) in [4.78, 5) is 11.6. The number of rotatable bonds is 4. The van der Waals surface area contributed by atoms with Crippen LogP contribution in [0.4, 0.5) is 34.9 Å². The first-order valence-electron chi connectivity index (χ1n) is 7.48. The fourth-order valence-corrected chi connectivity index (χ4v) is 3.01. The molecule has 160 valence electrons. The van der Waals surface area contributed by atoms with Crippen molar-refractivity contribution in [3.8, 4) is 0 Å². The van der Waals surface area contributed by atoms with Crippen LogP contribution < -0.4 is 5.46 Å². The van der Waals surface area contributed by atoms with E-state index < -0.39 is 51.5 Å². The number of carbonyl (C=O) groups is 1. The van der Waals surface area contributed by atoms with Gasteiger partial charge in [-0.15, -0.1) is 4.21 Å². The van der Waals surface area contributed by atoms with Crippen molar-refractivity contribution in [1.29, 1.82) is 0 Å². The Hall–Kier alpha value is -1.76. The second-order valence-corrected chi connectivity index (χ2v) is 10.1. The Morgan fingerprint density at radius 2 is 1.24 bits per heavy atom. The van der Waals surface area contributed by atoms with E-state index in [2.05, 4.69) is 15.9 Å². The standard InChI is InChI=1S/C10H12BrO2S.C6BF8/c1-14(2,13)7-10(12)8-3-5-9(11)6-4-8;8-2-1(7(13,14)15)3(9)5(11)6(12)4(2)10/h3-6H,7H2,1-2H3;/q+1;-1. The molecular weight excluding hydrogens is 499 g/mol. The highest BCUT2D eigenvalue weighted by Crippen LogP contribution is 2.21. The van der Waals surface area contributed by atoms with Crippen molar-refractivity contribution in [2.45, 2.75) is 0 Å². The Labute approximate surface area is 169 Å². The topological polar surface area (TPSA) is 34.1 Å². The lowest BCUT2D eigenvalue weighted by Crippen LogP contribution is -2.41. The molecule has 0 fully saturated rings. The van der Waals surface area contributed by atoms with E-state index in [-0.39, 0.29) is 11.5 Å². The average molecular weight is 511 g/mol. The lowest BCUT2D eigenvalue weighted by atomic mass is 9.79. The Morgan fingerprint density at radius 3 is 1.59 bits per heavy atom. The molecule has 0 atom stereocenters. The van der Waals surface area contributed by atoms with Crippen molar-refractivity contribution in [3.05, 3.63) is 63.4 Å². The van der Waals surface area contributed by atoms with Gasteiger partial charge in [0.15, 0.2) is 23.2 Å². The quantitative estimate of drug-likeness (QED) is 0.147. The number of benzene rings is 2. The lowest BCUT2D eigenvalue weighted by Gasteiger charge is -2.17. The van der Waals surface area contributed by atoms with E-state index >= 15 is 0 Å². The zero-order valence-electron chi connectivity index (χ0n) is 14.7. The number of hydrogen-bond acceptors (Lipinski definition) is 2. The molecule has 0 aliphatic rings. The summed E-state index contributed by atoms with van der Waals surface area (Å²) < 4.78 is 110. The number of carbonyl (C=O) groups excluding carboxylic acids is 1. The smallest absolute Gasteiger partial charge is 0.445 e. The highest BCUT2D eigenvalue weighted by molar-refractivity contribution is 9.10. The van der Waals surface area contributed by atoms with Gasteiger partial charge in [0.25, 0.3) is 0 Å². The maximum absolute atomic E-state index is 12.5. The Kier molecular flexibility index (Phi) is 8.17. The summed E-state index contributed by atoms with van der Waals surface area (Å²) in [5.74, 6) is -13.5. The van der Waals surface area contributed by atoms with Crippen LogP contribution in [0.25, 0.3) is 0 Å². The number of halogens is 9. The van der Waals surface area contributed by atoms with E-state index in [0.29, 0.717) is 5.56 Å². The summed E-state index contributed by atoms with van der Waals surface area (Å²) in [7, 11) is -1.99. The zero-order valence-corrected chi connectivity index (χ0v) is 17.1. The van der Waals surface area contributed by atoms with E-state index in [1.165, 1.54) is 0 Å². The number of Topliss-reactive ketones (excluding diaryl/α,β-unsaturated/α-hetero) is 1. The van der Waals surface area contributed by atoms with Gasteiger partial charge in [-0.2, -0.15) is 0 Å². The van der Waals surface area contributed by atoms with Crippen LogP contribution in [0.2, 0.25) is 0 Å². The Morgan fingerprint density at radius 1 is 0.862 bits per heavy atom. The molecule has 0 heterocycles. The predicted octanol–water partition coefficient (Wildman–Crippen LogP) is 4.83. The van der Waals surface area contributed by atoms with Crippen LogP contribution in [0.1, 0.15) is 10.4 Å². The highest BCUT2D eigenvalue weighted by atomic mass is 79.9. The fourth-order valence-electron chi connectivity index (χ4n) is 1.94. The number of ketones is 1. The summed E-state index contributed by atoms with van der Waals surface area (Å²) in [5, 5.41) is 0. The van der Waals surface area contributed by atoms with Gasteiger partial charge in [0.2, 0.25) is 5.78 Å². The van der Waals surface area contributed by atoms with Crippen LogP contribution in [0.15, 0.2) is 28.7 Å². The second kappa shape index (κ2) is 9.37. The monoisotopic (exact) mass is 510 g/mol. The third kappa shape index (κ3) is 6.91. The van der Waals surface area contributed by atoms with Crippen LogP contribution in [0.3, 0.4) is 0 Å². The predicted molar refractivity (Wildman–Crippen MR) is 98.2 cm³/mol. The van der Waals surface area contributed by atoms with Crippen LogP contribution in [-0.2, 0) is 14.1 Å². The normalized spacial score (nSPS) is 11.7. The molecule has 13 heteroatoms. The summed E-state index contributed by atoms with van der Waals surface area (Å²) >= 11 is 3.29. The number of hydrogen-bond donors (Lipinski definition) is 0. The Bertz CT molecular complexity index is 928. The first-order chi connectivity index (χ1) is 13.1. The summed E-state index contributed by atoms with van der Waals surface area (Å²) in [6.07, 6.45) is 3.20. The van der Waals surface area contributed by atoms with Gasteiger partial charge in [0.05, 0.1) is 9.93 Å². The van der Waals surface area contributed by atoms with Crippen molar-refractivity contribution in [3.63, 3.8) is 0 Å². The largest absolute Gasteiger partial charge is 0.515 e. The van der Waals surface area contributed by atoms with Gasteiger partial charge in [0, 0.05) is 10.0 Å². The second-order valence-electron chi connectivity index (χ2n) is 6.07. The van der Waals surface area contributed by atoms with E-state index in [4.69, 9.17) is 0 Å². The van der Waals surface area contributed by atoms with E-state index in [0.717, 1.165) is 4.47 Å². The molecule has 0 aliphatic carbocycles. The molecule has 0 amide bonds. The van der Waals surface area contributed by atoms with Crippen LogP contribution in [0.5, 0.6) is 0 Å². The van der Waals surface area contributed by atoms with E-state index in [9.17, 15) is 43.9 Å². The molecule has 0 saturated carbocycles. The molecule has 2 nitrogen and oxygen atoms in total. The minimum Gasteiger partial charge on any atom is -0.445 e. The molecule has 2 aromatic carbocycles. The third-order valence-corrected chi connectivity index (χ3v) is 4.70. The molecule has 2 rings (SSSR count). The van der Waals surface area contributed by atoms with Gasteiger partial charge in [0.1, 0.15) is 24.1 Å². The van der Waals surface area contributed by atoms with Crippen LogP contribution in [-0.4, -0.2) is 31.0 Å². The van der Waals surface area contributed by atoms with Gasteiger partial charge in [-0.3, -0.25) is 4.79 Å². The first-order valence-corrected chi connectivity index (χ1v) is 10.8. The zero-order chi connectivity index (χ0) is 22.7. The average Bonchev–Trinajstić information content (AvgIpc) is 2.57. The van der Waals surface area contributed by atoms with Crippen molar-refractivity contribution in [2.24, 2.45) is 0 Å². The molecule has 0 bridgehead atoms. The highest BCUT2D eigenvalue weighted by Gasteiger charge is 2.37. The fraction of sp³-hybridized carbons (Fsp3) is 0.188. The molecule has 0 aliphatic heterocycles. The SMILES string of the molecule is C[S+](C)(=O)CC(=O)c1ccc(Br)cc1.Fc1c(F)c(F)c([B-](F)(F)F)c(F)c1F. The summed E-state index contributed by atoms with van der Waals surface area (Å²) in [6.45, 7) is -6.30. The lowest BCUT2D eigenvalue weighted by molar-refractivity contribution is 0.102. The van der Waals surface area contributed by atoms with Gasteiger partial charge >= 0.3 is 6.98 Å². The van der Waals surface area contributed by atoms with Crippen molar-refractivity contribution >= 4 is 44.1 Å². The van der Waals surface area contributed by atoms with Gasteiger partial charge in [-0.1, -0.05) is 28.1 Å². The molecule has 0 unspecified atom stereocenters. The molecule has 2 aromatic rings. The van der Waals surface area contributed by atoms with E-state index in [1.807, 2.05) is 0 Å². The molecular formula is C16H12BBrF8O2S. The van der Waals surface area contributed by atoms with Gasteiger partial charge < -0.3 is 12.9 Å². The minimum absolute atomic E-state index is 0.0625. The molecule has 0 saturated heterocycles. The maximum Gasteiger partial charge on any atom is 0.515 e. The maximum atomic E-state index is 12.5. The molecule has 0 N–H and O–H groups in total. The summed E-state index contributed by atoms with van der Waals surface area (Å²) in [5.41, 5.74) is -2.11. The van der Waals surface area contributed by atoms with Crippen molar-refractivity contribution in [2.75, 3.05) is 18.3 Å². The van der Waals surface area contributed by atoms with Crippen LogP contribution >= 0.6 is 15.9 Å². The van der Waals surface area contributed by atoms with Gasteiger partial charge in [-0.05, 0) is 17.6 Å². The minimum atomic E-state index is -6.30. The van der Waals surface area contributed by atoms with Crippen molar-refractivity contribution < 1.29 is 43.9 Å². The van der Waals surface area contributed by atoms with E-state index in [1.54, 1.807) is 36.8 Å². The van der Waals surface area contributed by atoms with Gasteiger partial charge in [-0.25, -0.2) is 22.0 Å². The van der Waals surface area contributed by atoms with Crippen LogP contribution in [0, 0.1) is 29.1 Å². The summed E-state index contributed by atoms with van der Waals surface area (Å²) in [6, 6.07) is 7.08. The third-order valence-electron chi connectivity index (χ3n) is 3.22. The molecule has 0 radical (unpaired) electrons. The van der Waals surface area contributed by atoms with Crippen molar-refractivity contribution in [1.82, 2.24) is 0 Å². The Balaban J connectivity index is 0.000000291.